The first-order valence-corrected chi connectivity index (χ1v) is 7.21. The molecule has 1 aromatic carbocycles. The molecule has 1 aromatic rings. The van der Waals surface area contributed by atoms with Crippen LogP contribution in [0.5, 0.6) is 5.75 Å². The lowest BCUT2D eigenvalue weighted by Crippen LogP contribution is -2.55. The first-order valence-electron chi connectivity index (χ1n) is 6.80. The van der Waals surface area contributed by atoms with Crippen LogP contribution >= 0.6 is 12.2 Å². The van der Waals surface area contributed by atoms with Crippen molar-refractivity contribution < 1.29 is 9.53 Å². The maximum Gasteiger partial charge on any atom is 0.225 e. The fourth-order valence-corrected chi connectivity index (χ4v) is 3.00. The van der Waals surface area contributed by atoms with Crippen LogP contribution in [0.4, 0.5) is 0 Å². The summed E-state index contributed by atoms with van der Waals surface area (Å²) in [5.41, 5.74) is 6.20. The van der Waals surface area contributed by atoms with Gasteiger partial charge in [-0.05, 0) is 18.9 Å². The molecule has 1 aliphatic rings. The van der Waals surface area contributed by atoms with Crippen LogP contribution in [0.1, 0.15) is 31.2 Å². The van der Waals surface area contributed by atoms with Crippen LogP contribution in [-0.2, 0) is 11.2 Å². The average Bonchev–Trinajstić information content (AvgIpc) is 2.89. The largest absolute Gasteiger partial charge is 0.496 e. The quantitative estimate of drug-likeness (QED) is 0.814. The number of nitrogens with one attached hydrogen (secondary N) is 1. The number of rotatable bonds is 5. The van der Waals surface area contributed by atoms with Gasteiger partial charge in [0.05, 0.1) is 24.1 Å². The van der Waals surface area contributed by atoms with Gasteiger partial charge in [-0.15, -0.1) is 0 Å². The van der Waals surface area contributed by atoms with Crippen molar-refractivity contribution in [3.05, 3.63) is 29.8 Å². The van der Waals surface area contributed by atoms with Crippen molar-refractivity contribution in [2.45, 2.75) is 37.6 Å². The Balaban J connectivity index is 2.07. The molecule has 4 nitrogen and oxygen atoms in total. The lowest BCUT2D eigenvalue weighted by atomic mass is 9.97. The van der Waals surface area contributed by atoms with Crippen molar-refractivity contribution in [1.29, 1.82) is 0 Å². The molecule has 1 amide bonds. The van der Waals surface area contributed by atoms with Crippen molar-refractivity contribution in [2.24, 2.45) is 5.73 Å². The summed E-state index contributed by atoms with van der Waals surface area (Å²) in [5, 5.41) is 3.03. The number of methoxy groups -OCH3 is 1. The Morgan fingerprint density at radius 3 is 2.65 bits per heavy atom. The highest BCUT2D eigenvalue weighted by atomic mass is 32.1. The molecule has 1 fully saturated rings. The number of benzene rings is 1. The summed E-state index contributed by atoms with van der Waals surface area (Å²) in [6, 6.07) is 7.51. The zero-order chi connectivity index (χ0) is 14.6. The summed E-state index contributed by atoms with van der Waals surface area (Å²) in [6.45, 7) is 0. The Hall–Kier alpha value is -1.62. The Morgan fingerprint density at radius 2 is 2.05 bits per heavy atom. The van der Waals surface area contributed by atoms with E-state index in [1.807, 2.05) is 24.3 Å². The van der Waals surface area contributed by atoms with Gasteiger partial charge >= 0.3 is 0 Å². The van der Waals surface area contributed by atoms with Crippen molar-refractivity contribution in [3.8, 4) is 5.75 Å². The first kappa shape index (κ1) is 14.8. The number of ether oxygens (including phenoxy) is 1. The predicted molar refractivity (Wildman–Crippen MR) is 82.8 cm³/mol. The maximum atomic E-state index is 12.3. The number of para-hydroxylation sites is 1. The van der Waals surface area contributed by atoms with E-state index in [0.29, 0.717) is 4.99 Å². The highest BCUT2D eigenvalue weighted by molar-refractivity contribution is 7.80. The van der Waals surface area contributed by atoms with Crippen LogP contribution in [0.3, 0.4) is 0 Å². The van der Waals surface area contributed by atoms with Gasteiger partial charge in [-0.1, -0.05) is 43.3 Å². The van der Waals surface area contributed by atoms with Crippen LogP contribution in [-0.4, -0.2) is 23.5 Å². The monoisotopic (exact) mass is 292 g/mol. The molecule has 3 N–H and O–H groups in total. The van der Waals surface area contributed by atoms with E-state index >= 15 is 0 Å². The van der Waals surface area contributed by atoms with E-state index in [1.54, 1.807) is 7.11 Å². The molecule has 20 heavy (non-hydrogen) atoms. The van der Waals surface area contributed by atoms with Crippen molar-refractivity contribution >= 4 is 23.1 Å². The second-order valence-electron chi connectivity index (χ2n) is 5.19. The lowest BCUT2D eigenvalue weighted by molar-refractivity contribution is -0.121. The normalized spacial score (nSPS) is 16.6. The minimum atomic E-state index is -0.492. The second kappa shape index (κ2) is 6.22. The molecular weight excluding hydrogens is 272 g/mol. The summed E-state index contributed by atoms with van der Waals surface area (Å²) < 4.78 is 5.26. The molecule has 0 atom stereocenters. The number of amides is 1. The zero-order valence-corrected chi connectivity index (χ0v) is 12.5. The minimum Gasteiger partial charge on any atom is -0.496 e. The molecule has 0 radical (unpaired) electrons. The van der Waals surface area contributed by atoms with E-state index in [9.17, 15) is 4.79 Å². The van der Waals surface area contributed by atoms with Crippen molar-refractivity contribution in [3.63, 3.8) is 0 Å². The highest BCUT2D eigenvalue weighted by Crippen LogP contribution is 2.30. The molecule has 5 heteroatoms. The third kappa shape index (κ3) is 3.10. The van der Waals surface area contributed by atoms with Gasteiger partial charge in [-0.3, -0.25) is 4.79 Å². The maximum absolute atomic E-state index is 12.3. The SMILES string of the molecule is COc1ccccc1CC(=O)NC1(C(N)=S)CCCC1. The Morgan fingerprint density at radius 1 is 1.40 bits per heavy atom. The van der Waals surface area contributed by atoms with Gasteiger partial charge < -0.3 is 15.8 Å². The minimum absolute atomic E-state index is 0.0656. The van der Waals surface area contributed by atoms with E-state index < -0.39 is 5.54 Å². The number of thiocarbonyl (C=S) groups is 1. The predicted octanol–water partition coefficient (Wildman–Crippen LogP) is 1.95. The average molecular weight is 292 g/mol. The van der Waals surface area contributed by atoms with Gasteiger partial charge in [0.15, 0.2) is 0 Å². The molecule has 0 saturated heterocycles. The van der Waals surface area contributed by atoms with E-state index in [2.05, 4.69) is 5.32 Å². The van der Waals surface area contributed by atoms with Gasteiger partial charge in [-0.2, -0.15) is 0 Å². The fourth-order valence-electron chi connectivity index (χ4n) is 2.74. The summed E-state index contributed by atoms with van der Waals surface area (Å²) in [4.78, 5) is 12.7. The van der Waals surface area contributed by atoms with Gasteiger partial charge in [0.25, 0.3) is 0 Å². The highest BCUT2D eigenvalue weighted by Gasteiger charge is 2.38. The smallest absolute Gasteiger partial charge is 0.225 e. The number of hydrogen-bond acceptors (Lipinski definition) is 3. The van der Waals surface area contributed by atoms with Crippen molar-refractivity contribution in [1.82, 2.24) is 5.32 Å². The Bertz CT molecular complexity index is 510. The van der Waals surface area contributed by atoms with Crippen LogP contribution in [0, 0.1) is 0 Å². The summed E-state index contributed by atoms with van der Waals surface area (Å²) in [7, 11) is 1.60. The molecule has 0 bridgehead atoms. The second-order valence-corrected chi connectivity index (χ2v) is 5.63. The lowest BCUT2D eigenvalue weighted by Gasteiger charge is -2.29. The van der Waals surface area contributed by atoms with Gasteiger partial charge in [0.2, 0.25) is 5.91 Å². The number of nitrogens with two attached hydrogens (primary N) is 1. The van der Waals surface area contributed by atoms with Crippen LogP contribution in [0.2, 0.25) is 0 Å². The molecule has 0 aliphatic heterocycles. The number of hydrogen-bond donors (Lipinski definition) is 2. The van der Waals surface area contributed by atoms with Crippen molar-refractivity contribution in [2.75, 3.05) is 7.11 Å². The zero-order valence-electron chi connectivity index (χ0n) is 11.6. The molecule has 0 heterocycles. The summed E-state index contributed by atoms with van der Waals surface area (Å²) in [6.07, 6.45) is 4.03. The van der Waals surface area contributed by atoms with Gasteiger partial charge in [0.1, 0.15) is 5.75 Å². The molecule has 1 aliphatic carbocycles. The van der Waals surface area contributed by atoms with Gasteiger partial charge in [0, 0.05) is 5.56 Å². The van der Waals surface area contributed by atoms with E-state index in [0.717, 1.165) is 37.0 Å². The third-order valence-electron chi connectivity index (χ3n) is 3.85. The molecule has 1 saturated carbocycles. The van der Waals surface area contributed by atoms with Crippen LogP contribution in [0.25, 0.3) is 0 Å². The third-order valence-corrected chi connectivity index (χ3v) is 4.24. The molecule has 108 valence electrons. The van der Waals surface area contributed by atoms with E-state index in [1.165, 1.54) is 0 Å². The Kier molecular flexibility index (Phi) is 4.60. The number of carbonyl (C=O) groups is 1. The molecular formula is C15H20N2O2S. The first-order chi connectivity index (χ1) is 9.57. The van der Waals surface area contributed by atoms with E-state index in [-0.39, 0.29) is 12.3 Å². The summed E-state index contributed by atoms with van der Waals surface area (Å²) >= 11 is 5.14. The van der Waals surface area contributed by atoms with Crippen LogP contribution in [0.15, 0.2) is 24.3 Å². The number of carbonyl (C=O) groups excluding carboxylic acids is 1. The molecule has 2 rings (SSSR count). The Labute approximate surface area is 124 Å². The standard InChI is InChI=1S/C15H20N2O2S/c1-19-12-7-3-2-6-11(12)10-13(18)17-15(14(16)20)8-4-5-9-15/h2-3,6-7H,4-5,8-10H2,1H3,(H2,16,20)(H,17,18). The van der Waals surface area contributed by atoms with Crippen LogP contribution < -0.4 is 15.8 Å². The van der Waals surface area contributed by atoms with Gasteiger partial charge in [-0.25, -0.2) is 0 Å². The van der Waals surface area contributed by atoms with E-state index in [4.69, 9.17) is 22.7 Å². The molecule has 0 unspecified atom stereocenters. The molecule has 0 aromatic heterocycles. The topological polar surface area (TPSA) is 64.3 Å². The molecule has 0 spiro atoms. The summed E-state index contributed by atoms with van der Waals surface area (Å²) in [5.74, 6) is 0.655. The fraction of sp³-hybridized carbons (Fsp3) is 0.467.